The minimum Gasteiger partial charge on any atom is -0.444 e. The van der Waals surface area contributed by atoms with Crippen LogP contribution in [0.4, 0.5) is 4.79 Å². The molecule has 1 saturated carbocycles. The molecule has 94 valence electrons. The van der Waals surface area contributed by atoms with Crippen LogP contribution in [-0.4, -0.2) is 30.9 Å². The van der Waals surface area contributed by atoms with Crippen LogP contribution in [0.3, 0.4) is 0 Å². The van der Waals surface area contributed by atoms with Crippen LogP contribution in [-0.2, 0) is 9.47 Å². The van der Waals surface area contributed by atoms with E-state index in [9.17, 15) is 4.79 Å². The Bertz CT molecular complexity index is 239. The van der Waals surface area contributed by atoms with Gasteiger partial charge in [0.1, 0.15) is 5.60 Å². The van der Waals surface area contributed by atoms with Crippen LogP contribution in [0.25, 0.3) is 0 Å². The van der Waals surface area contributed by atoms with E-state index in [-0.39, 0.29) is 11.6 Å². The second-order valence-electron chi connectivity index (χ2n) is 5.55. The van der Waals surface area contributed by atoms with Crippen molar-refractivity contribution in [3.05, 3.63) is 0 Å². The fourth-order valence-corrected chi connectivity index (χ4v) is 2.15. The molecule has 4 heteroatoms. The molecule has 16 heavy (non-hydrogen) atoms. The third-order valence-electron chi connectivity index (χ3n) is 2.75. The molecule has 0 atom stereocenters. The van der Waals surface area contributed by atoms with Gasteiger partial charge in [0.15, 0.2) is 0 Å². The Kier molecular flexibility index (Phi) is 4.19. The molecule has 1 N–H and O–H groups in total. The first kappa shape index (κ1) is 13.3. The SMILES string of the molecule is COCC1(NC(=O)OC(C)(C)C)CCCC1. The summed E-state index contributed by atoms with van der Waals surface area (Å²) in [6, 6.07) is 0. The van der Waals surface area contributed by atoms with E-state index in [2.05, 4.69) is 5.32 Å². The molecule has 0 spiro atoms. The van der Waals surface area contributed by atoms with Gasteiger partial charge in [-0.1, -0.05) is 12.8 Å². The highest BCUT2D eigenvalue weighted by atomic mass is 16.6. The molecule has 0 bridgehead atoms. The van der Waals surface area contributed by atoms with E-state index >= 15 is 0 Å². The lowest BCUT2D eigenvalue weighted by Crippen LogP contribution is -2.51. The number of methoxy groups -OCH3 is 1. The van der Waals surface area contributed by atoms with Gasteiger partial charge >= 0.3 is 6.09 Å². The lowest BCUT2D eigenvalue weighted by atomic mass is 9.99. The molecule has 1 fully saturated rings. The van der Waals surface area contributed by atoms with Crippen LogP contribution in [0.1, 0.15) is 46.5 Å². The van der Waals surface area contributed by atoms with Crippen LogP contribution < -0.4 is 5.32 Å². The van der Waals surface area contributed by atoms with E-state index in [1.54, 1.807) is 7.11 Å². The quantitative estimate of drug-likeness (QED) is 0.808. The summed E-state index contributed by atoms with van der Waals surface area (Å²) in [4.78, 5) is 11.7. The van der Waals surface area contributed by atoms with Crippen LogP contribution in [0, 0.1) is 0 Å². The Balaban J connectivity index is 2.52. The smallest absolute Gasteiger partial charge is 0.408 e. The van der Waals surface area contributed by atoms with Crippen molar-refractivity contribution in [2.45, 2.75) is 57.6 Å². The maximum Gasteiger partial charge on any atom is 0.408 e. The zero-order chi connectivity index (χ0) is 12.2. The Labute approximate surface area is 97.7 Å². The van der Waals surface area contributed by atoms with Crippen LogP contribution in [0.5, 0.6) is 0 Å². The van der Waals surface area contributed by atoms with Crippen molar-refractivity contribution < 1.29 is 14.3 Å². The molecule has 0 saturated heterocycles. The van der Waals surface area contributed by atoms with E-state index in [0.29, 0.717) is 6.61 Å². The van der Waals surface area contributed by atoms with Crippen molar-refractivity contribution in [1.29, 1.82) is 0 Å². The van der Waals surface area contributed by atoms with Crippen molar-refractivity contribution in [2.24, 2.45) is 0 Å². The molecular weight excluding hydrogens is 206 g/mol. The Hall–Kier alpha value is -0.770. The molecule has 0 heterocycles. The Morgan fingerprint density at radius 3 is 2.31 bits per heavy atom. The van der Waals surface area contributed by atoms with Gasteiger partial charge in [-0.15, -0.1) is 0 Å². The summed E-state index contributed by atoms with van der Waals surface area (Å²) in [6.07, 6.45) is 3.88. The molecule has 1 amide bonds. The summed E-state index contributed by atoms with van der Waals surface area (Å²) in [5.74, 6) is 0. The predicted octanol–water partition coefficient (Wildman–Crippen LogP) is 2.47. The molecule has 1 rings (SSSR count). The predicted molar refractivity (Wildman–Crippen MR) is 62.4 cm³/mol. The van der Waals surface area contributed by atoms with E-state index in [0.717, 1.165) is 25.7 Å². The molecule has 0 radical (unpaired) electrons. The maximum atomic E-state index is 11.7. The van der Waals surface area contributed by atoms with Gasteiger partial charge < -0.3 is 14.8 Å². The number of rotatable bonds is 3. The van der Waals surface area contributed by atoms with Gasteiger partial charge in [-0.25, -0.2) is 4.79 Å². The largest absolute Gasteiger partial charge is 0.444 e. The molecular formula is C12H23NO3. The number of carbonyl (C=O) groups is 1. The third kappa shape index (κ3) is 4.00. The molecule has 0 aromatic carbocycles. The average molecular weight is 229 g/mol. The normalized spacial score (nSPS) is 19.5. The van der Waals surface area contributed by atoms with Gasteiger partial charge in [0.2, 0.25) is 0 Å². The monoisotopic (exact) mass is 229 g/mol. The van der Waals surface area contributed by atoms with Gasteiger partial charge in [-0.3, -0.25) is 0 Å². The highest BCUT2D eigenvalue weighted by Gasteiger charge is 2.36. The van der Waals surface area contributed by atoms with Crippen LogP contribution in [0.2, 0.25) is 0 Å². The Morgan fingerprint density at radius 1 is 1.31 bits per heavy atom. The fraction of sp³-hybridized carbons (Fsp3) is 0.917. The minimum absolute atomic E-state index is 0.211. The number of amides is 1. The number of hydrogen-bond donors (Lipinski definition) is 1. The van der Waals surface area contributed by atoms with Gasteiger partial charge in [0.25, 0.3) is 0 Å². The van der Waals surface area contributed by atoms with Gasteiger partial charge in [0, 0.05) is 7.11 Å². The van der Waals surface area contributed by atoms with Crippen LogP contribution >= 0.6 is 0 Å². The number of hydrogen-bond acceptors (Lipinski definition) is 3. The first-order valence-corrected chi connectivity index (χ1v) is 5.87. The summed E-state index contributed by atoms with van der Waals surface area (Å²) in [5.41, 5.74) is -0.659. The molecule has 0 aliphatic heterocycles. The first-order valence-electron chi connectivity index (χ1n) is 5.87. The van der Waals surface area contributed by atoms with E-state index in [1.807, 2.05) is 20.8 Å². The van der Waals surface area contributed by atoms with Crippen LogP contribution in [0.15, 0.2) is 0 Å². The second kappa shape index (κ2) is 5.04. The first-order chi connectivity index (χ1) is 7.37. The number of nitrogens with one attached hydrogen (secondary N) is 1. The number of ether oxygens (including phenoxy) is 2. The van der Waals surface area contributed by atoms with Gasteiger partial charge in [-0.05, 0) is 33.6 Å². The Morgan fingerprint density at radius 2 is 1.88 bits per heavy atom. The number of carbonyl (C=O) groups excluding carboxylic acids is 1. The van der Waals surface area contributed by atoms with E-state index in [1.165, 1.54) is 0 Å². The molecule has 0 unspecified atom stereocenters. The van der Waals surface area contributed by atoms with Crippen molar-refractivity contribution in [3.8, 4) is 0 Å². The maximum absolute atomic E-state index is 11.7. The number of alkyl carbamates (subject to hydrolysis) is 1. The second-order valence-corrected chi connectivity index (χ2v) is 5.55. The average Bonchev–Trinajstić information content (AvgIpc) is 2.49. The molecule has 1 aliphatic carbocycles. The zero-order valence-electron chi connectivity index (χ0n) is 10.8. The lowest BCUT2D eigenvalue weighted by molar-refractivity contribution is 0.0365. The molecule has 0 aromatic rings. The fourth-order valence-electron chi connectivity index (χ4n) is 2.15. The third-order valence-corrected chi connectivity index (χ3v) is 2.75. The molecule has 0 aromatic heterocycles. The lowest BCUT2D eigenvalue weighted by Gasteiger charge is -2.31. The highest BCUT2D eigenvalue weighted by Crippen LogP contribution is 2.30. The van der Waals surface area contributed by atoms with Gasteiger partial charge in [-0.2, -0.15) is 0 Å². The topological polar surface area (TPSA) is 47.6 Å². The van der Waals surface area contributed by atoms with Crippen molar-refractivity contribution in [1.82, 2.24) is 5.32 Å². The van der Waals surface area contributed by atoms with Crippen molar-refractivity contribution in [2.75, 3.05) is 13.7 Å². The van der Waals surface area contributed by atoms with Crippen molar-refractivity contribution in [3.63, 3.8) is 0 Å². The summed E-state index contributed by atoms with van der Waals surface area (Å²) in [6.45, 7) is 6.16. The zero-order valence-corrected chi connectivity index (χ0v) is 10.8. The summed E-state index contributed by atoms with van der Waals surface area (Å²) < 4.78 is 10.5. The summed E-state index contributed by atoms with van der Waals surface area (Å²) >= 11 is 0. The van der Waals surface area contributed by atoms with Crippen molar-refractivity contribution >= 4 is 6.09 Å². The standard InChI is InChI=1S/C12H23NO3/c1-11(2,3)16-10(14)13-12(9-15-4)7-5-6-8-12/h5-9H2,1-4H3,(H,13,14). The molecule has 1 aliphatic rings. The summed E-state index contributed by atoms with van der Waals surface area (Å²) in [5, 5.41) is 2.96. The van der Waals surface area contributed by atoms with E-state index < -0.39 is 5.60 Å². The highest BCUT2D eigenvalue weighted by molar-refractivity contribution is 5.68. The summed E-state index contributed by atoms with van der Waals surface area (Å²) in [7, 11) is 1.66. The minimum atomic E-state index is -0.447. The molecule has 4 nitrogen and oxygen atoms in total. The van der Waals surface area contributed by atoms with E-state index in [4.69, 9.17) is 9.47 Å². The van der Waals surface area contributed by atoms with Gasteiger partial charge in [0.05, 0.1) is 12.1 Å².